The van der Waals surface area contributed by atoms with Crippen molar-refractivity contribution in [2.45, 2.75) is 38.5 Å². The van der Waals surface area contributed by atoms with Crippen LogP contribution in [0.4, 0.5) is 0 Å². The minimum Gasteiger partial charge on any atom is -0.464 e. The van der Waals surface area contributed by atoms with Gasteiger partial charge in [-0.2, -0.15) is 0 Å². The SMILES string of the molecule is COC(=O)c1cccc(Cc2cc(Cl)cc3sc(C4=CCCCCC4)nc23)n1. The molecular weight excluding hydrogens is 392 g/mol. The molecule has 144 valence electrons. The number of hydrogen-bond donors (Lipinski definition) is 0. The highest BCUT2D eigenvalue weighted by atomic mass is 35.5. The van der Waals surface area contributed by atoms with Crippen LogP contribution in [0.5, 0.6) is 0 Å². The summed E-state index contributed by atoms with van der Waals surface area (Å²) in [7, 11) is 1.36. The molecule has 0 saturated carbocycles. The standard InChI is InChI=1S/C22H21ClN2O2S/c1-27-22(26)18-10-6-9-17(24-18)12-15-11-16(23)13-19-20(15)25-21(28-19)14-7-4-2-3-5-8-14/h6-7,9-11,13H,2-5,8,12H2,1H3. The van der Waals surface area contributed by atoms with Crippen LogP contribution in [0.1, 0.15) is 58.9 Å². The number of hydrogen-bond acceptors (Lipinski definition) is 5. The molecule has 0 aliphatic heterocycles. The first kappa shape index (κ1) is 19.1. The highest BCUT2D eigenvalue weighted by Gasteiger charge is 2.15. The van der Waals surface area contributed by atoms with Gasteiger partial charge in [0.15, 0.2) is 0 Å². The molecule has 0 saturated heterocycles. The lowest BCUT2D eigenvalue weighted by atomic mass is 10.1. The molecule has 0 N–H and O–H groups in total. The molecule has 4 rings (SSSR count). The monoisotopic (exact) mass is 412 g/mol. The van der Waals surface area contributed by atoms with E-state index in [1.165, 1.54) is 31.9 Å². The molecule has 2 aromatic heterocycles. The molecule has 1 aliphatic rings. The maximum Gasteiger partial charge on any atom is 0.356 e. The van der Waals surface area contributed by atoms with Crippen molar-refractivity contribution in [2.75, 3.05) is 7.11 Å². The van der Waals surface area contributed by atoms with Crippen LogP contribution in [0.3, 0.4) is 0 Å². The summed E-state index contributed by atoms with van der Waals surface area (Å²) in [5.41, 5.74) is 4.44. The summed E-state index contributed by atoms with van der Waals surface area (Å²) in [6.45, 7) is 0. The van der Waals surface area contributed by atoms with Crippen molar-refractivity contribution in [3.63, 3.8) is 0 Å². The fourth-order valence-electron chi connectivity index (χ4n) is 3.53. The Morgan fingerprint density at radius 2 is 2.11 bits per heavy atom. The number of esters is 1. The van der Waals surface area contributed by atoms with Crippen molar-refractivity contribution < 1.29 is 9.53 Å². The average Bonchev–Trinajstić information content (AvgIpc) is 2.94. The Kier molecular flexibility index (Phi) is 5.74. The van der Waals surface area contributed by atoms with Gasteiger partial charge in [-0.15, -0.1) is 11.3 Å². The highest BCUT2D eigenvalue weighted by Crippen LogP contribution is 2.35. The molecule has 0 radical (unpaired) electrons. The molecule has 28 heavy (non-hydrogen) atoms. The molecular formula is C22H21ClN2O2S. The number of thiazole rings is 1. The van der Waals surface area contributed by atoms with Crippen LogP contribution >= 0.6 is 22.9 Å². The summed E-state index contributed by atoms with van der Waals surface area (Å²) in [6, 6.07) is 9.31. The quantitative estimate of drug-likeness (QED) is 0.488. The van der Waals surface area contributed by atoms with Gasteiger partial charge in [0.25, 0.3) is 0 Å². The average molecular weight is 413 g/mol. The smallest absolute Gasteiger partial charge is 0.356 e. The van der Waals surface area contributed by atoms with Gasteiger partial charge >= 0.3 is 5.97 Å². The number of ether oxygens (including phenoxy) is 1. The zero-order valence-electron chi connectivity index (χ0n) is 15.7. The van der Waals surface area contributed by atoms with Gasteiger partial charge in [0, 0.05) is 17.1 Å². The fraction of sp³-hybridized carbons (Fsp3) is 0.318. The Morgan fingerprint density at radius 3 is 2.96 bits per heavy atom. The second kappa shape index (κ2) is 8.41. The van der Waals surface area contributed by atoms with E-state index in [9.17, 15) is 4.79 Å². The van der Waals surface area contributed by atoms with Gasteiger partial charge in [0.05, 0.1) is 17.3 Å². The van der Waals surface area contributed by atoms with Crippen molar-refractivity contribution in [2.24, 2.45) is 0 Å². The van der Waals surface area contributed by atoms with Crippen molar-refractivity contribution in [1.82, 2.24) is 9.97 Å². The first-order valence-corrected chi connectivity index (χ1v) is 10.7. The number of nitrogens with zero attached hydrogens (tertiary/aromatic N) is 2. The van der Waals surface area contributed by atoms with Crippen LogP contribution in [0, 0.1) is 0 Å². The van der Waals surface area contributed by atoms with E-state index in [2.05, 4.69) is 11.1 Å². The lowest BCUT2D eigenvalue weighted by Crippen LogP contribution is -2.06. The Morgan fingerprint density at radius 1 is 1.21 bits per heavy atom. The zero-order chi connectivity index (χ0) is 19.5. The summed E-state index contributed by atoms with van der Waals surface area (Å²) in [6.07, 6.45) is 8.88. The number of aromatic nitrogens is 2. The van der Waals surface area contributed by atoms with Gasteiger partial charge < -0.3 is 4.74 Å². The Balaban J connectivity index is 1.71. The molecule has 3 aromatic rings. The third-order valence-corrected chi connectivity index (χ3v) is 6.22. The lowest BCUT2D eigenvalue weighted by Gasteiger charge is -2.05. The third kappa shape index (κ3) is 4.10. The molecule has 4 nitrogen and oxygen atoms in total. The lowest BCUT2D eigenvalue weighted by molar-refractivity contribution is 0.0593. The number of allylic oxidation sites excluding steroid dienone is 2. The van der Waals surface area contributed by atoms with Gasteiger partial charge in [-0.1, -0.05) is 30.2 Å². The minimum absolute atomic E-state index is 0.306. The predicted octanol–water partition coefficient (Wildman–Crippen LogP) is 6.07. The summed E-state index contributed by atoms with van der Waals surface area (Å²) in [5, 5.41) is 1.79. The van der Waals surface area contributed by atoms with Gasteiger partial charge in [-0.25, -0.2) is 14.8 Å². The number of benzene rings is 1. The molecule has 0 unspecified atom stereocenters. The number of pyridine rings is 1. The molecule has 6 heteroatoms. The van der Waals surface area contributed by atoms with Crippen LogP contribution < -0.4 is 0 Å². The van der Waals surface area contributed by atoms with E-state index in [-0.39, 0.29) is 0 Å². The van der Waals surface area contributed by atoms with Crippen LogP contribution in [-0.2, 0) is 11.2 Å². The summed E-state index contributed by atoms with van der Waals surface area (Å²) >= 11 is 8.09. The first-order valence-electron chi connectivity index (χ1n) is 9.46. The van der Waals surface area contributed by atoms with Crippen LogP contribution in [-0.4, -0.2) is 23.0 Å². The van der Waals surface area contributed by atoms with Gasteiger partial charge in [0.1, 0.15) is 10.7 Å². The summed E-state index contributed by atoms with van der Waals surface area (Å²) in [5.74, 6) is -0.436. The molecule has 2 heterocycles. The molecule has 1 aliphatic carbocycles. The molecule has 0 fully saturated rings. The van der Waals surface area contributed by atoms with E-state index in [1.54, 1.807) is 17.4 Å². The van der Waals surface area contributed by atoms with Crippen molar-refractivity contribution in [3.8, 4) is 0 Å². The minimum atomic E-state index is -0.436. The molecule has 1 aromatic carbocycles. The predicted molar refractivity (Wildman–Crippen MR) is 114 cm³/mol. The summed E-state index contributed by atoms with van der Waals surface area (Å²) < 4.78 is 5.86. The van der Waals surface area contributed by atoms with Crippen LogP contribution in [0.2, 0.25) is 5.02 Å². The normalized spacial score (nSPS) is 14.6. The van der Waals surface area contributed by atoms with Gasteiger partial charge in [-0.05, 0) is 61.1 Å². The summed E-state index contributed by atoms with van der Waals surface area (Å²) in [4.78, 5) is 21.2. The van der Waals surface area contributed by atoms with Gasteiger partial charge in [0.2, 0.25) is 0 Å². The van der Waals surface area contributed by atoms with Crippen molar-refractivity contribution in [1.29, 1.82) is 0 Å². The Labute approximate surface area is 173 Å². The molecule has 0 bridgehead atoms. The van der Waals surface area contributed by atoms with Crippen molar-refractivity contribution in [3.05, 3.63) is 63.4 Å². The molecule has 0 amide bonds. The third-order valence-electron chi connectivity index (χ3n) is 4.93. The fourth-order valence-corrected chi connectivity index (χ4v) is 4.96. The highest BCUT2D eigenvalue weighted by molar-refractivity contribution is 7.19. The second-order valence-electron chi connectivity index (χ2n) is 6.94. The van der Waals surface area contributed by atoms with Gasteiger partial charge in [-0.3, -0.25) is 0 Å². The van der Waals surface area contributed by atoms with E-state index in [4.69, 9.17) is 21.3 Å². The van der Waals surface area contributed by atoms with Crippen LogP contribution in [0.25, 0.3) is 15.8 Å². The molecule has 0 spiro atoms. The number of fused-ring (bicyclic) bond motifs is 1. The molecule has 0 atom stereocenters. The zero-order valence-corrected chi connectivity index (χ0v) is 17.3. The Hall–Kier alpha value is -2.24. The maximum atomic E-state index is 11.8. The largest absolute Gasteiger partial charge is 0.464 e. The van der Waals surface area contributed by atoms with E-state index < -0.39 is 5.97 Å². The van der Waals surface area contributed by atoms with Crippen molar-refractivity contribution >= 4 is 44.7 Å². The topological polar surface area (TPSA) is 52.1 Å². The number of halogens is 1. The van der Waals surface area contributed by atoms with E-state index in [1.807, 2.05) is 24.3 Å². The Bertz CT molecular complexity index is 1060. The number of rotatable bonds is 4. The van der Waals surface area contributed by atoms with E-state index in [0.717, 1.165) is 39.3 Å². The van der Waals surface area contributed by atoms with E-state index in [0.29, 0.717) is 17.1 Å². The number of carbonyl (C=O) groups excluding carboxylic acids is 1. The van der Waals surface area contributed by atoms with Crippen LogP contribution in [0.15, 0.2) is 36.4 Å². The van der Waals surface area contributed by atoms with E-state index >= 15 is 0 Å². The maximum absolute atomic E-state index is 11.8. The second-order valence-corrected chi connectivity index (χ2v) is 8.41. The number of methoxy groups -OCH3 is 1. The first-order chi connectivity index (χ1) is 13.6. The number of carbonyl (C=O) groups is 1.